The number of unbranched alkanes of at least 4 members (excludes halogenated alkanes) is 2. The minimum atomic E-state index is -4.26. The number of alkyl halides is 3. The summed E-state index contributed by atoms with van der Waals surface area (Å²) in [6.07, 6.45) is 0.562. The van der Waals surface area contributed by atoms with Crippen LogP contribution in [0.2, 0.25) is 0 Å². The first-order valence-electron chi connectivity index (χ1n) is 7.06. The highest BCUT2D eigenvalue weighted by Gasteiger charge is 2.30. The number of hydrogen-bond acceptors (Lipinski definition) is 1. The third kappa shape index (κ3) is 9.51. The molecule has 0 aliphatic heterocycles. The van der Waals surface area contributed by atoms with Gasteiger partial charge in [-0.2, -0.15) is 13.2 Å². The number of rotatable bonds is 4. The topological polar surface area (TPSA) is 12.9 Å². The first kappa shape index (κ1) is 20.3. The van der Waals surface area contributed by atoms with Gasteiger partial charge in [-0.25, -0.2) is 0 Å². The molecule has 1 rings (SSSR count). The Morgan fingerprint density at radius 2 is 1.63 bits per heavy atom. The molecule has 1 heterocycles. The Balaban J connectivity index is 0. The first-order chi connectivity index (χ1) is 9.04. The lowest BCUT2D eigenvalue weighted by Gasteiger charge is -2.07. The highest BCUT2D eigenvalue weighted by Crippen LogP contribution is 2.29. The molecule has 1 aromatic heterocycles. The van der Waals surface area contributed by atoms with E-state index in [-0.39, 0.29) is 0 Å². The fraction of sp³-hybridized carbons (Fsp3) is 0.667. The summed E-state index contributed by atoms with van der Waals surface area (Å²) in [5, 5.41) is 0. The van der Waals surface area contributed by atoms with Crippen LogP contribution in [0.15, 0.2) is 18.3 Å². The number of pyridine rings is 1. The number of halogens is 3. The molecule has 0 saturated heterocycles. The summed E-state index contributed by atoms with van der Waals surface area (Å²) in [6, 6.07) is 2.14. The second kappa shape index (κ2) is 12.0. The molecule has 0 bridgehead atoms. The van der Waals surface area contributed by atoms with Gasteiger partial charge in [-0.1, -0.05) is 47.5 Å². The Bertz CT molecular complexity index is 309. The van der Waals surface area contributed by atoms with Crippen molar-refractivity contribution in [3.05, 3.63) is 29.6 Å². The monoisotopic (exact) mass is 277 g/mol. The van der Waals surface area contributed by atoms with Crippen LogP contribution >= 0.6 is 0 Å². The van der Waals surface area contributed by atoms with E-state index in [0.29, 0.717) is 12.1 Å². The van der Waals surface area contributed by atoms with Gasteiger partial charge < -0.3 is 0 Å². The lowest BCUT2D eigenvalue weighted by molar-refractivity contribution is -0.137. The van der Waals surface area contributed by atoms with Gasteiger partial charge in [0.15, 0.2) is 0 Å². The Labute approximate surface area is 115 Å². The van der Waals surface area contributed by atoms with Crippen LogP contribution in [-0.4, -0.2) is 4.98 Å². The van der Waals surface area contributed by atoms with Crippen LogP contribution in [0.4, 0.5) is 13.2 Å². The quantitative estimate of drug-likeness (QED) is 0.626. The van der Waals surface area contributed by atoms with Gasteiger partial charge in [0.05, 0.1) is 5.56 Å². The molecule has 0 fully saturated rings. The largest absolute Gasteiger partial charge is 0.416 e. The molecule has 4 heteroatoms. The van der Waals surface area contributed by atoms with Crippen LogP contribution < -0.4 is 0 Å². The molecule has 0 aliphatic carbocycles. The Morgan fingerprint density at radius 1 is 1.05 bits per heavy atom. The van der Waals surface area contributed by atoms with Gasteiger partial charge in [-0.15, -0.1) is 0 Å². The zero-order valence-electron chi connectivity index (χ0n) is 12.6. The first-order valence-corrected chi connectivity index (χ1v) is 7.06. The van der Waals surface area contributed by atoms with Crippen LogP contribution in [0.3, 0.4) is 0 Å². The lowest BCUT2D eigenvalue weighted by Crippen LogP contribution is -2.06. The van der Waals surface area contributed by atoms with Crippen LogP contribution in [0.1, 0.15) is 65.1 Å². The fourth-order valence-electron chi connectivity index (χ4n) is 1.35. The Kier molecular flexibility index (Phi) is 12.8. The van der Waals surface area contributed by atoms with Gasteiger partial charge in [0, 0.05) is 11.9 Å². The van der Waals surface area contributed by atoms with E-state index in [1.54, 1.807) is 0 Å². The third-order valence-electron chi connectivity index (χ3n) is 2.18. The van der Waals surface area contributed by atoms with Gasteiger partial charge in [-0.05, 0) is 25.0 Å². The molecule has 0 amide bonds. The molecular weight excluding hydrogens is 251 g/mol. The van der Waals surface area contributed by atoms with Crippen molar-refractivity contribution in [2.24, 2.45) is 0 Å². The van der Waals surface area contributed by atoms with Crippen molar-refractivity contribution in [3.63, 3.8) is 0 Å². The molecule has 0 atom stereocenters. The van der Waals surface area contributed by atoms with Crippen LogP contribution in [0.25, 0.3) is 0 Å². The molecular formula is C15H26F3N. The van der Waals surface area contributed by atoms with Crippen molar-refractivity contribution >= 4 is 0 Å². The van der Waals surface area contributed by atoms with Gasteiger partial charge in [0.2, 0.25) is 0 Å². The average Bonchev–Trinajstić information content (AvgIpc) is 2.43. The number of nitrogens with zero attached hydrogens (tertiary/aromatic N) is 1. The van der Waals surface area contributed by atoms with E-state index in [2.05, 4.69) is 11.9 Å². The average molecular weight is 277 g/mol. The zero-order valence-corrected chi connectivity index (χ0v) is 12.6. The molecule has 0 aromatic carbocycles. The maximum atomic E-state index is 12.3. The van der Waals surface area contributed by atoms with Crippen molar-refractivity contribution in [1.29, 1.82) is 0 Å². The number of aromatic nitrogens is 1. The van der Waals surface area contributed by atoms with E-state index in [1.807, 2.05) is 27.7 Å². The summed E-state index contributed by atoms with van der Waals surface area (Å²) < 4.78 is 37.0. The van der Waals surface area contributed by atoms with E-state index < -0.39 is 11.7 Å². The minimum Gasteiger partial charge on any atom is -0.261 e. The van der Waals surface area contributed by atoms with E-state index >= 15 is 0 Å². The van der Waals surface area contributed by atoms with E-state index in [0.717, 1.165) is 31.4 Å². The normalized spacial score (nSPS) is 9.89. The smallest absolute Gasteiger partial charge is 0.261 e. The number of hydrogen-bond donors (Lipinski definition) is 0. The number of aryl methyl sites for hydroxylation is 1. The van der Waals surface area contributed by atoms with Crippen LogP contribution in [0.5, 0.6) is 0 Å². The summed E-state index contributed by atoms with van der Waals surface area (Å²) in [5.74, 6) is 0. The summed E-state index contributed by atoms with van der Waals surface area (Å²) in [5.41, 5.74) is -0.0812. The van der Waals surface area contributed by atoms with E-state index in [9.17, 15) is 13.2 Å². The van der Waals surface area contributed by atoms with Crippen molar-refractivity contribution < 1.29 is 13.2 Å². The molecule has 0 saturated carbocycles. The lowest BCUT2D eigenvalue weighted by atomic mass is 10.1. The fourth-order valence-corrected chi connectivity index (χ4v) is 1.35. The summed E-state index contributed by atoms with van der Waals surface area (Å²) >= 11 is 0. The van der Waals surface area contributed by atoms with Gasteiger partial charge in [0.25, 0.3) is 0 Å². The molecule has 1 aromatic rings. The van der Waals surface area contributed by atoms with Crippen molar-refractivity contribution in [1.82, 2.24) is 4.98 Å². The van der Waals surface area contributed by atoms with E-state index in [1.165, 1.54) is 6.20 Å². The predicted octanol–water partition coefficient (Wildman–Crippen LogP) is 5.89. The third-order valence-corrected chi connectivity index (χ3v) is 2.18. The van der Waals surface area contributed by atoms with Crippen LogP contribution in [-0.2, 0) is 12.6 Å². The molecule has 0 aliphatic rings. The molecule has 19 heavy (non-hydrogen) atoms. The van der Waals surface area contributed by atoms with Crippen molar-refractivity contribution in [2.75, 3.05) is 0 Å². The molecule has 1 nitrogen and oxygen atoms in total. The second-order valence-corrected chi connectivity index (χ2v) is 3.49. The molecule has 0 radical (unpaired) electrons. The minimum absolute atomic E-state index is 0.526. The standard InChI is InChI=1S/C11H14F3N.2C2H6/c1-2-3-4-5-10-8-9(6-7-15-10)11(12,13)14;2*1-2/h6-8H,2-5H2,1H3;2*1-2H3. The molecule has 0 N–H and O–H groups in total. The van der Waals surface area contributed by atoms with Gasteiger partial charge >= 0.3 is 6.18 Å². The van der Waals surface area contributed by atoms with Gasteiger partial charge in [-0.3, -0.25) is 4.98 Å². The van der Waals surface area contributed by atoms with Crippen molar-refractivity contribution in [2.45, 2.75) is 66.5 Å². The van der Waals surface area contributed by atoms with Gasteiger partial charge in [0.1, 0.15) is 0 Å². The molecule has 112 valence electrons. The highest BCUT2D eigenvalue weighted by atomic mass is 19.4. The summed E-state index contributed by atoms with van der Waals surface area (Å²) in [4.78, 5) is 3.92. The van der Waals surface area contributed by atoms with Crippen molar-refractivity contribution in [3.8, 4) is 0 Å². The molecule has 0 unspecified atom stereocenters. The Hall–Kier alpha value is -1.06. The second-order valence-electron chi connectivity index (χ2n) is 3.49. The molecule has 0 spiro atoms. The Morgan fingerprint density at radius 3 is 2.11 bits per heavy atom. The maximum Gasteiger partial charge on any atom is 0.416 e. The zero-order chi connectivity index (χ0) is 15.3. The van der Waals surface area contributed by atoms with E-state index in [4.69, 9.17) is 0 Å². The maximum absolute atomic E-state index is 12.3. The SMILES string of the molecule is CC.CC.CCCCCc1cc(C(F)(F)F)ccn1. The summed E-state index contributed by atoms with van der Waals surface area (Å²) in [6.45, 7) is 10.1. The summed E-state index contributed by atoms with van der Waals surface area (Å²) in [7, 11) is 0. The van der Waals surface area contributed by atoms with Crippen LogP contribution in [0, 0.1) is 0 Å². The highest BCUT2D eigenvalue weighted by molar-refractivity contribution is 5.19. The predicted molar refractivity (Wildman–Crippen MR) is 75.2 cm³/mol.